The molecule has 0 saturated heterocycles. The minimum absolute atomic E-state index is 0.0550. The maximum absolute atomic E-state index is 13.6. The molecule has 0 radical (unpaired) electrons. The Kier molecular flexibility index (Phi) is 6.08. The minimum Gasteiger partial charge on any atom is -0.322 e. The van der Waals surface area contributed by atoms with Crippen molar-refractivity contribution in [3.8, 4) is 0 Å². The Labute approximate surface area is 190 Å². The summed E-state index contributed by atoms with van der Waals surface area (Å²) < 4.78 is 28.3. The average molecular weight is 464 g/mol. The highest BCUT2D eigenvalue weighted by Gasteiger charge is 2.32. The zero-order valence-corrected chi connectivity index (χ0v) is 18.6. The molecule has 9 heteroatoms. The number of aromatic nitrogens is 1. The first kappa shape index (κ1) is 22.4. The molecular weight excluding hydrogens is 442 g/mol. The van der Waals surface area contributed by atoms with E-state index >= 15 is 0 Å². The molecule has 8 nitrogen and oxygen atoms in total. The molecule has 1 heterocycles. The van der Waals surface area contributed by atoms with Gasteiger partial charge in [0.2, 0.25) is 0 Å². The van der Waals surface area contributed by atoms with Gasteiger partial charge in [-0.25, -0.2) is 8.42 Å². The van der Waals surface area contributed by atoms with Gasteiger partial charge < -0.3 is 4.98 Å². The van der Waals surface area contributed by atoms with E-state index in [0.717, 1.165) is 21.3 Å². The van der Waals surface area contributed by atoms with Crippen molar-refractivity contribution in [2.75, 3.05) is 0 Å². The summed E-state index contributed by atoms with van der Waals surface area (Å²) in [5, 5.41) is 12.3. The number of nitrogens with zero attached hydrogens (tertiary/aromatic N) is 2. The van der Waals surface area contributed by atoms with Gasteiger partial charge in [-0.15, -0.1) is 0 Å². The smallest absolute Gasteiger partial charge is 0.289 e. The number of hydrogen-bond acceptors (Lipinski definition) is 5. The highest BCUT2D eigenvalue weighted by atomic mass is 32.2. The normalized spacial score (nSPS) is 11.7. The summed E-state index contributed by atoms with van der Waals surface area (Å²) in [5.41, 5.74) is 1.64. The molecule has 0 unspecified atom stereocenters. The van der Waals surface area contributed by atoms with Crippen molar-refractivity contribution in [2.24, 2.45) is 0 Å². The van der Waals surface area contributed by atoms with Crippen LogP contribution in [0.3, 0.4) is 0 Å². The Balaban J connectivity index is 1.83. The van der Waals surface area contributed by atoms with Crippen molar-refractivity contribution in [2.45, 2.75) is 24.9 Å². The number of hydrogen-bond donors (Lipinski definition) is 1. The van der Waals surface area contributed by atoms with Gasteiger partial charge in [0.25, 0.3) is 21.3 Å². The topological polar surface area (TPSA) is 113 Å². The minimum atomic E-state index is -4.31. The lowest BCUT2D eigenvalue weighted by Gasteiger charge is -2.22. The van der Waals surface area contributed by atoms with E-state index in [1.54, 1.807) is 42.5 Å². The zero-order valence-electron chi connectivity index (χ0n) is 17.8. The largest absolute Gasteiger partial charge is 0.322 e. The summed E-state index contributed by atoms with van der Waals surface area (Å²) in [7, 11) is -4.31. The summed E-state index contributed by atoms with van der Waals surface area (Å²) in [5.74, 6) is 0. The first-order valence-corrected chi connectivity index (χ1v) is 11.6. The van der Waals surface area contributed by atoms with E-state index in [9.17, 15) is 23.3 Å². The standard InChI is InChI=1S/C24H21N3O5S/c1-17-11-12-21-19(13-17)14-20(24(28)25-21)16-26(15-18-7-3-2-4-8-18)33(31,32)23-10-6-5-9-22(23)27(29)30/h2-14H,15-16H2,1H3,(H,25,28). The van der Waals surface area contributed by atoms with E-state index in [1.165, 1.54) is 18.2 Å². The van der Waals surface area contributed by atoms with Crippen LogP contribution < -0.4 is 5.56 Å². The molecule has 0 amide bonds. The SMILES string of the molecule is Cc1ccc2[nH]c(=O)c(CN(Cc3ccccc3)S(=O)(=O)c3ccccc3[N+](=O)[O-])cc2c1. The highest BCUT2D eigenvalue weighted by molar-refractivity contribution is 7.89. The number of para-hydroxylation sites is 1. The van der Waals surface area contributed by atoms with Crippen LogP contribution in [-0.4, -0.2) is 22.6 Å². The van der Waals surface area contributed by atoms with Gasteiger partial charge in [-0.1, -0.05) is 54.1 Å². The van der Waals surface area contributed by atoms with Crippen molar-refractivity contribution >= 4 is 26.6 Å². The number of fused-ring (bicyclic) bond motifs is 1. The fourth-order valence-corrected chi connectivity index (χ4v) is 5.22. The molecule has 4 rings (SSSR count). The van der Waals surface area contributed by atoms with Crippen molar-refractivity contribution in [1.82, 2.24) is 9.29 Å². The molecule has 0 aliphatic rings. The Hall–Kier alpha value is -3.82. The predicted molar refractivity (Wildman–Crippen MR) is 125 cm³/mol. The van der Waals surface area contributed by atoms with Gasteiger partial charge in [0, 0.05) is 30.2 Å². The average Bonchev–Trinajstić information content (AvgIpc) is 2.80. The van der Waals surface area contributed by atoms with Crippen molar-refractivity contribution in [1.29, 1.82) is 0 Å². The number of nitrogens with one attached hydrogen (secondary N) is 1. The first-order valence-electron chi connectivity index (χ1n) is 10.2. The maximum Gasteiger partial charge on any atom is 0.289 e. The monoisotopic (exact) mass is 463 g/mol. The number of nitro benzene ring substituents is 1. The fraction of sp³-hybridized carbons (Fsp3) is 0.125. The molecule has 33 heavy (non-hydrogen) atoms. The Morgan fingerprint density at radius 2 is 1.64 bits per heavy atom. The molecule has 0 aliphatic carbocycles. The van der Waals surface area contributed by atoms with Gasteiger partial charge >= 0.3 is 0 Å². The molecule has 0 atom stereocenters. The number of nitro groups is 1. The number of H-pyrrole nitrogens is 1. The number of sulfonamides is 1. The van der Waals surface area contributed by atoms with Gasteiger partial charge in [-0.05, 0) is 42.1 Å². The second kappa shape index (κ2) is 8.97. The van der Waals surface area contributed by atoms with E-state index in [2.05, 4.69) is 4.98 Å². The maximum atomic E-state index is 13.6. The quantitative estimate of drug-likeness (QED) is 0.327. The van der Waals surface area contributed by atoms with Crippen LogP contribution in [0.25, 0.3) is 10.9 Å². The lowest BCUT2D eigenvalue weighted by Crippen LogP contribution is -2.33. The molecule has 3 aromatic carbocycles. The number of aromatic amines is 1. The van der Waals surface area contributed by atoms with Gasteiger partial charge in [0.15, 0.2) is 4.90 Å². The molecule has 0 fully saturated rings. The van der Waals surface area contributed by atoms with E-state index in [0.29, 0.717) is 11.1 Å². The van der Waals surface area contributed by atoms with Crippen molar-refractivity contribution < 1.29 is 13.3 Å². The van der Waals surface area contributed by atoms with Gasteiger partial charge in [-0.3, -0.25) is 14.9 Å². The van der Waals surface area contributed by atoms with Crippen molar-refractivity contribution in [3.63, 3.8) is 0 Å². The van der Waals surface area contributed by atoms with Gasteiger partial charge in [0.05, 0.1) is 4.92 Å². The van der Waals surface area contributed by atoms with Crippen LogP contribution in [0, 0.1) is 17.0 Å². The zero-order chi connectivity index (χ0) is 23.6. The molecule has 1 aromatic heterocycles. The Morgan fingerprint density at radius 3 is 2.36 bits per heavy atom. The molecule has 0 aliphatic heterocycles. The molecule has 168 valence electrons. The van der Waals surface area contributed by atoms with E-state index in [4.69, 9.17) is 0 Å². The fourth-order valence-electron chi connectivity index (χ4n) is 3.66. The molecule has 0 bridgehead atoms. The lowest BCUT2D eigenvalue weighted by atomic mass is 10.1. The molecule has 0 spiro atoms. The predicted octanol–water partition coefficient (Wildman–Crippen LogP) is 4.14. The third-order valence-corrected chi connectivity index (χ3v) is 7.14. The Morgan fingerprint density at radius 1 is 0.939 bits per heavy atom. The number of benzene rings is 3. The summed E-state index contributed by atoms with van der Waals surface area (Å²) in [6.07, 6.45) is 0. The second-order valence-electron chi connectivity index (χ2n) is 7.70. The Bertz CT molecular complexity index is 1500. The van der Waals surface area contributed by atoms with Crippen molar-refractivity contribution in [3.05, 3.63) is 116 Å². The summed E-state index contributed by atoms with van der Waals surface area (Å²) >= 11 is 0. The van der Waals surface area contributed by atoms with Crippen LogP contribution in [0.15, 0.2) is 88.6 Å². The van der Waals surface area contributed by atoms with Crippen LogP contribution in [0.5, 0.6) is 0 Å². The second-order valence-corrected chi connectivity index (χ2v) is 9.60. The van der Waals surface area contributed by atoms with E-state index in [-0.39, 0.29) is 18.7 Å². The molecule has 1 N–H and O–H groups in total. The van der Waals surface area contributed by atoms with E-state index in [1.807, 2.05) is 19.1 Å². The summed E-state index contributed by atoms with van der Waals surface area (Å²) in [4.78, 5) is 25.9. The first-order chi connectivity index (χ1) is 15.8. The molecule has 0 saturated carbocycles. The number of aryl methyl sites for hydroxylation is 1. The third-order valence-electron chi connectivity index (χ3n) is 5.30. The van der Waals surface area contributed by atoms with Crippen LogP contribution in [0.4, 0.5) is 5.69 Å². The number of pyridine rings is 1. The van der Waals surface area contributed by atoms with Crippen LogP contribution in [0.1, 0.15) is 16.7 Å². The summed E-state index contributed by atoms with van der Waals surface area (Å²) in [6, 6.07) is 21.3. The lowest BCUT2D eigenvalue weighted by molar-refractivity contribution is -0.387. The van der Waals surface area contributed by atoms with Crippen LogP contribution >= 0.6 is 0 Å². The highest BCUT2D eigenvalue weighted by Crippen LogP contribution is 2.28. The van der Waals surface area contributed by atoms with E-state index < -0.39 is 31.1 Å². The third kappa shape index (κ3) is 4.69. The van der Waals surface area contributed by atoms with Crippen LogP contribution in [0.2, 0.25) is 0 Å². The molecule has 4 aromatic rings. The molecular formula is C24H21N3O5S. The number of rotatable bonds is 7. The summed E-state index contributed by atoms with van der Waals surface area (Å²) in [6.45, 7) is 1.62. The van der Waals surface area contributed by atoms with Gasteiger partial charge in [0.1, 0.15) is 0 Å². The van der Waals surface area contributed by atoms with Gasteiger partial charge in [-0.2, -0.15) is 4.31 Å². The van der Waals surface area contributed by atoms with Crippen LogP contribution in [-0.2, 0) is 23.1 Å².